The Hall–Kier alpha value is -2.53. The lowest BCUT2D eigenvalue weighted by Crippen LogP contribution is -2.46. The zero-order valence-corrected chi connectivity index (χ0v) is 16.7. The van der Waals surface area contributed by atoms with Crippen molar-refractivity contribution in [1.29, 1.82) is 0 Å². The fourth-order valence-corrected chi connectivity index (χ4v) is 3.49. The van der Waals surface area contributed by atoms with Gasteiger partial charge in [0.1, 0.15) is 5.75 Å². The predicted molar refractivity (Wildman–Crippen MR) is 110 cm³/mol. The smallest absolute Gasteiger partial charge is 0.251 e. The Labute approximate surface area is 170 Å². The monoisotopic (exact) mass is 400 g/mol. The summed E-state index contributed by atoms with van der Waals surface area (Å²) in [5.74, 6) is 0.715. The molecule has 1 N–H and O–H groups in total. The third-order valence-electron chi connectivity index (χ3n) is 5.06. The van der Waals surface area contributed by atoms with Crippen molar-refractivity contribution in [3.05, 3.63) is 64.7 Å². The maximum Gasteiger partial charge on any atom is 0.251 e. The molecule has 0 aromatic heterocycles. The van der Waals surface area contributed by atoms with Crippen molar-refractivity contribution >= 4 is 23.4 Å². The molecule has 0 atom stereocenters. The van der Waals surface area contributed by atoms with Crippen LogP contribution in [0.1, 0.15) is 35.2 Å². The van der Waals surface area contributed by atoms with Gasteiger partial charge in [0.05, 0.1) is 7.11 Å². The van der Waals surface area contributed by atoms with Gasteiger partial charge < -0.3 is 15.0 Å². The fourth-order valence-electron chi connectivity index (χ4n) is 3.37. The van der Waals surface area contributed by atoms with Crippen LogP contribution in [0.15, 0.2) is 48.5 Å². The van der Waals surface area contributed by atoms with Crippen LogP contribution < -0.4 is 10.1 Å². The summed E-state index contributed by atoms with van der Waals surface area (Å²) in [5.41, 5.74) is 1.69. The second-order valence-corrected chi connectivity index (χ2v) is 7.42. The minimum atomic E-state index is -0.105. The number of piperidine rings is 1. The van der Waals surface area contributed by atoms with Gasteiger partial charge in [-0.05, 0) is 55.2 Å². The summed E-state index contributed by atoms with van der Waals surface area (Å²) in [7, 11) is 1.58. The van der Waals surface area contributed by atoms with E-state index in [0.29, 0.717) is 42.3 Å². The maximum absolute atomic E-state index is 12.5. The van der Waals surface area contributed by atoms with Crippen LogP contribution in [0, 0.1) is 0 Å². The number of amides is 2. The van der Waals surface area contributed by atoms with E-state index in [4.69, 9.17) is 16.3 Å². The van der Waals surface area contributed by atoms with Crippen molar-refractivity contribution in [2.24, 2.45) is 0 Å². The van der Waals surface area contributed by atoms with E-state index < -0.39 is 0 Å². The number of nitrogens with zero attached hydrogens (tertiary/aromatic N) is 1. The summed E-state index contributed by atoms with van der Waals surface area (Å²) in [4.78, 5) is 26.8. The highest BCUT2D eigenvalue weighted by atomic mass is 35.5. The van der Waals surface area contributed by atoms with E-state index in [-0.39, 0.29) is 17.9 Å². The Kier molecular flexibility index (Phi) is 6.93. The van der Waals surface area contributed by atoms with Crippen LogP contribution in [0.3, 0.4) is 0 Å². The molecule has 3 rings (SSSR count). The molecule has 0 aliphatic carbocycles. The number of nitrogens with one attached hydrogen (secondary N) is 1. The predicted octanol–water partition coefficient (Wildman–Crippen LogP) is 3.70. The van der Waals surface area contributed by atoms with Gasteiger partial charge >= 0.3 is 0 Å². The van der Waals surface area contributed by atoms with Crippen LogP contribution in [-0.4, -0.2) is 43.0 Å². The Morgan fingerprint density at radius 2 is 1.86 bits per heavy atom. The second-order valence-electron chi connectivity index (χ2n) is 6.99. The van der Waals surface area contributed by atoms with Crippen LogP contribution >= 0.6 is 11.6 Å². The lowest BCUT2D eigenvalue weighted by Gasteiger charge is -2.32. The number of halogens is 1. The highest BCUT2D eigenvalue weighted by Crippen LogP contribution is 2.16. The van der Waals surface area contributed by atoms with Gasteiger partial charge in [0, 0.05) is 36.1 Å². The van der Waals surface area contributed by atoms with Crippen molar-refractivity contribution in [1.82, 2.24) is 10.2 Å². The van der Waals surface area contributed by atoms with E-state index in [9.17, 15) is 9.59 Å². The first-order valence-corrected chi connectivity index (χ1v) is 9.90. The summed E-state index contributed by atoms with van der Waals surface area (Å²) >= 11 is 5.89. The molecule has 1 heterocycles. The quantitative estimate of drug-likeness (QED) is 0.804. The lowest BCUT2D eigenvalue weighted by atomic mass is 10.0. The third-order valence-corrected chi connectivity index (χ3v) is 5.31. The molecule has 0 radical (unpaired) electrons. The molecule has 148 valence electrons. The number of ether oxygens (including phenoxy) is 1. The third kappa shape index (κ3) is 5.49. The van der Waals surface area contributed by atoms with Gasteiger partial charge in [0.2, 0.25) is 5.91 Å². The van der Waals surface area contributed by atoms with E-state index in [1.807, 2.05) is 35.2 Å². The highest BCUT2D eigenvalue weighted by molar-refractivity contribution is 6.30. The number of likely N-dealkylation sites (tertiary alicyclic amines) is 1. The first-order valence-electron chi connectivity index (χ1n) is 9.52. The molecule has 2 aromatic rings. The van der Waals surface area contributed by atoms with Crippen LogP contribution in [0.5, 0.6) is 5.75 Å². The molecule has 6 heteroatoms. The van der Waals surface area contributed by atoms with Crippen LogP contribution in [-0.2, 0) is 11.2 Å². The fraction of sp³-hybridized carbons (Fsp3) is 0.364. The Morgan fingerprint density at radius 3 is 2.54 bits per heavy atom. The normalized spacial score (nSPS) is 14.6. The summed E-state index contributed by atoms with van der Waals surface area (Å²) in [6.45, 7) is 1.34. The average Bonchev–Trinajstić information content (AvgIpc) is 2.73. The minimum Gasteiger partial charge on any atom is -0.497 e. The zero-order valence-electron chi connectivity index (χ0n) is 16.0. The maximum atomic E-state index is 12.5. The number of carbonyl (C=O) groups is 2. The number of hydrogen-bond donors (Lipinski definition) is 1. The second kappa shape index (κ2) is 9.60. The van der Waals surface area contributed by atoms with Gasteiger partial charge in [-0.2, -0.15) is 0 Å². The molecule has 1 aliphatic heterocycles. The van der Waals surface area contributed by atoms with Gasteiger partial charge in [-0.3, -0.25) is 9.59 Å². The van der Waals surface area contributed by atoms with Gasteiger partial charge in [0.25, 0.3) is 5.91 Å². The molecule has 0 unspecified atom stereocenters. The number of aryl methyl sites for hydroxylation is 1. The average molecular weight is 401 g/mol. The topological polar surface area (TPSA) is 58.6 Å². The number of benzene rings is 2. The van der Waals surface area contributed by atoms with E-state index in [1.54, 1.807) is 25.3 Å². The Bertz CT molecular complexity index is 815. The van der Waals surface area contributed by atoms with Gasteiger partial charge in [0.15, 0.2) is 0 Å². The molecule has 1 fully saturated rings. The van der Waals surface area contributed by atoms with Crippen LogP contribution in [0.4, 0.5) is 0 Å². The summed E-state index contributed by atoms with van der Waals surface area (Å²) in [6.07, 6.45) is 2.73. The molecule has 1 aliphatic rings. The minimum absolute atomic E-state index is 0.0824. The molecule has 2 amide bonds. The standard InChI is InChI=1S/C22H25ClN2O3/c1-28-20-4-2-3-17(15-20)22(27)24-19-11-13-25(14-12-19)21(26)10-7-16-5-8-18(23)9-6-16/h2-6,8-9,15,19H,7,10-14H2,1H3,(H,24,27). The summed E-state index contributed by atoms with van der Waals surface area (Å²) < 4.78 is 5.17. The van der Waals surface area contributed by atoms with Gasteiger partial charge in [-0.1, -0.05) is 29.8 Å². The summed E-state index contributed by atoms with van der Waals surface area (Å²) in [6, 6.07) is 14.8. The van der Waals surface area contributed by atoms with Crippen LogP contribution in [0.2, 0.25) is 5.02 Å². The summed E-state index contributed by atoms with van der Waals surface area (Å²) in [5, 5.41) is 3.77. The number of carbonyl (C=O) groups excluding carboxylic acids is 2. The first kappa shape index (κ1) is 20.2. The van der Waals surface area contributed by atoms with Crippen molar-refractivity contribution < 1.29 is 14.3 Å². The number of hydrogen-bond acceptors (Lipinski definition) is 3. The molecule has 2 aromatic carbocycles. The zero-order chi connectivity index (χ0) is 19.9. The number of rotatable bonds is 6. The molecule has 5 nitrogen and oxygen atoms in total. The number of methoxy groups -OCH3 is 1. The SMILES string of the molecule is COc1cccc(C(=O)NC2CCN(C(=O)CCc3ccc(Cl)cc3)CC2)c1. The molecule has 0 saturated carbocycles. The molecular formula is C22H25ClN2O3. The Morgan fingerprint density at radius 1 is 1.14 bits per heavy atom. The van der Waals surface area contributed by atoms with Crippen molar-refractivity contribution in [3.8, 4) is 5.75 Å². The first-order chi connectivity index (χ1) is 13.5. The molecule has 28 heavy (non-hydrogen) atoms. The van der Waals surface area contributed by atoms with E-state index in [1.165, 1.54) is 0 Å². The molecule has 0 bridgehead atoms. The Balaban J connectivity index is 1.44. The van der Waals surface area contributed by atoms with E-state index in [2.05, 4.69) is 5.32 Å². The lowest BCUT2D eigenvalue weighted by molar-refractivity contribution is -0.132. The van der Waals surface area contributed by atoms with Crippen LogP contribution in [0.25, 0.3) is 0 Å². The van der Waals surface area contributed by atoms with Gasteiger partial charge in [-0.15, -0.1) is 0 Å². The largest absolute Gasteiger partial charge is 0.497 e. The van der Waals surface area contributed by atoms with E-state index >= 15 is 0 Å². The van der Waals surface area contributed by atoms with Crippen molar-refractivity contribution in [2.75, 3.05) is 20.2 Å². The van der Waals surface area contributed by atoms with Gasteiger partial charge in [-0.25, -0.2) is 0 Å². The molecule has 0 spiro atoms. The molecule has 1 saturated heterocycles. The van der Waals surface area contributed by atoms with Crippen molar-refractivity contribution in [2.45, 2.75) is 31.7 Å². The van der Waals surface area contributed by atoms with E-state index in [0.717, 1.165) is 18.4 Å². The highest BCUT2D eigenvalue weighted by Gasteiger charge is 2.24. The van der Waals surface area contributed by atoms with Crippen molar-refractivity contribution in [3.63, 3.8) is 0 Å². The molecular weight excluding hydrogens is 376 g/mol.